The summed E-state index contributed by atoms with van der Waals surface area (Å²) in [5.41, 5.74) is 1.88. The van der Waals surface area contributed by atoms with E-state index in [1.54, 1.807) is 18.6 Å². The first-order valence-electron chi connectivity index (χ1n) is 12.3. The molecule has 2 aliphatic rings. The molecule has 1 aliphatic heterocycles. The summed E-state index contributed by atoms with van der Waals surface area (Å²) in [4.78, 5) is 30.8. The molecule has 2 N–H and O–H groups in total. The lowest BCUT2D eigenvalue weighted by molar-refractivity contribution is -0.384. The molecule has 2 aromatic rings. The number of hydrogen-bond donors (Lipinski definition) is 2. The third-order valence-electron chi connectivity index (χ3n) is 7.08. The number of nitro benzene ring substituents is 1. The van der Waals surface area contributed by atoms with Crippen LogP contribution < -0.4 is 15.5 Å². The Morgan fingerprint density at radius 2 is 1.97 bits per heavy atom. The van der Waals surface area contributed by atoms with Crippen LogP contribution in [0.25, 0.3) is 0 Å². The Morgan fingerprint density at radius 3 is 2.64 bits per heavy atom. The van der Waals surface area contributed by atoms with Gasteiger partial charge in [-0.1, -0.05) is 6.92 Å². The number of fused-ring (bicyclic) bond motifs is 1. The van der Waals surface area contributed by atoms with E-state index in [2.05, 4.69) is 15.6 Å². The number of amides is 1. The number of imidazole rings is 1. The monoisotopic (exact) mass is 508 g/mol. The number of aromatic nitrogens is 2. The Hall–Kier alpha value is -3.31. The number of nitro groups is 1. The molecule has 4 rings (SSSR count). The van der Waals surface area contributed by atoms with E-state index in [9.17, 15) is 28.1 Å². The second-order valence-electron chi connectivity index (χ2n) is 9.54. The van der Waals surface area contributed by atoms with Crippen LogP contribution in [0.15, 0.2) is 24.7 Å². The molecule has 1 amide bonds. The zero-order chi connectivity index (χ0) is 25.9. The van der Waals surface area contributed by atoms with Crippen molar-refractivity contribution in [2.24, 2.45) is 11.8 Å². The first-order chi connectivity index (χ1) is 17.2. The number of nitrogens with zero attached hydrogens (tertiary/aromatic N) is 4. The lowest BCUT2D eigenvalue weighted by Gasteiger charge is -2.32. The molecule has 2 heterocycles. The van der Waals surface area contributed by atoms with Gasteiger partial charge < -0.3 is 20.1 Å². The molecule has 0 radical (unpaired) electrons. The normalized spacial score (nSPS) is 20.1. The third kappa shape index (κ3) is 5.73. The van der Waals surface area contributed by atoms with Crippen molar-refractivity contribution >= 4 is 23.0 Å². The van der Waals surface area contributed by atoms with Crippen LogP contribution in [0.2, 0.25) is 0 Å². The minimum Gasteiger partial charge on any atom is -0.379 e. The van der Waals surface area contributed by atoms with E-state index in [-0.39, 0.29) is 36.6 Å². The zero-order valence-electron chi connectivity index (χ0n) is 20.2. The molecule has 1 aromatic heterocycles. The first kappa shape index (κ1) is 25.8. The fourth-order valence-electron chi connectivity index (χ4n) is 4.99. The van der Waals surface area contributed by atoms with Crippen molar-refractivity contribution in [2.45, 2.75) is 58.3 Å². The minimum atomic E-state index is -4.18. The molecule has 1 fully saturated rings. The number of halogens is 3. The van der Waals surface area contributed by atoms with Crippen LogP contribution in [0.1, 0.15) is 55.1 Å². The van der Waals surface area contributed by atoms with Crippen molar-refractivity contribution in [3.05, 3.63) is 46.0 Å². The summed E-state index contributed by atoms with van der Waals surface area (Å²) in [7, 11) is 0. The van der Waals surface area contributed by atoms with Gasteiger partial charge in [-0.25, -0.2) is 4.98 Å². The highest BCUT2D eigenvalue weighted by molar-refractivity contribution is 6.02. The van der Waals surface area contributed by atoms with Gasteiger partial charge in [-0.3, -0.25) is 14.9 Å². The fraction of sp³-hybridized carbons (Fsp3) is 0.583. The van der Waals surface area contributed by atoms with Gasteiger partial charge in [0, 0.05) is 38.4 Å². The molecule has 1 aliphatic carbocycles. The molecule has 196 valence electrons. The lowest BCUT2D eigenvalue weighted by atomic mass is 9.81. The summed E-state index contributed by atoms with van der Waals surface area (Å²) in [6.07, 6.45) is 0.970. The van der Waals surface area contributed by atoms with Crippen LogP contribution in [0.3, 0.4) is 0 Å². The maximum absolute atomic E-state index is 13.3. The molecule has 9 nitrogen and oxygen atoms in total. The van der Waals surface area contributed by atoms with E-state index < -0.39 is 22.9 Å². The van der Waals surface area contributed by atoms with Crippen molar-refractivity contribution < 1.29 is 22.9 Å². The van der Waals surface area contributed by atoms with Gasteiger partial charge in [0.1, 0.15) is 5.69 Å². The lowest BCUT2D eigenvalue weighted by Crippen LogP contribution is -2.37. The highest BCUT2D eigenvalue weighted by Gasteiger charge is 2.41. The van der Waals surface area contributed by atoms with E-state index >= 15 is 0 Å². The Kier molecular flexibility index (Phi) is 7.70. The van der Waals surface area contributed by atoms with Gasteiger partial charge in [-0.2, -0.15) is 13.2 Å². The fourth-order valence-corrected chi connectivity index (χ4v) is 4.99. The molecule has 0 atom stereocenters. The SMILES string of the molecule is CCCNc1cc(N2CCn3cncc3C2)c(C(=O)NCC2CCC(C(F)(F)F)CC2)cc1[N+](=O)[O-]. The summed E-state index contributed by atoms with van der Waals surface area (Å²) >= 11 is 0. The summed E-state index contributed by atoms with van der Waals surface area (Å²) in [6.45, 7) is 4.48. The minimum absolute atomic E-state index is 0.0548. The Balaban J connectivity index is 1.55. The van der Waals surface area contributed by atoms with Crippen molar-refractivity contribution in [1.82, 2.24) is 14.9 Å². The number of hydrogen-bond acceptors (Lipinski definition) is 6. The molecule has 1 aromatic carbocycles. The molecule has 36 heavy (non-hydrogen) atoms. The topological polar surface area (TPSA) is 105 Å². The largest absolute Gasteiger partial charge is 0.391 e. The second kappa shape index (κ2) is 10.8. The van der Waals surface area contributed by atoms with Gasteiger partial charge >= 0.3 is 6.18 Å². The zero-order valence-corrected chi connectivity index (χ0v) is 20.2. The molecule has 1 saturated carbocycles. The number of anilines is 2. The molecular weight excluding hydrogens is 477 g/mol. The van der Waals surface area contributed by atoms with Crippen molar-refractivity contribution in [3.63, 3.8) is 0 Å². The number of carbonyl (C=O) groups is 1. The Morgan fingerprint density at radius 1 is 1.22 bits per heavy atom. The first-order valence-corrected chi connectivity index (χ1v) is 12.3. The van der Waals surface area contributed by atoms with Crippen LogP contribution in [0.5, 0.6) is 0 Å². The summed E-state index contributed by atoms with van der Waals surface area (Å²) < 4.78 is 40.9. The summed E-state index contributed by atoms with van der Waals surface area (Å²) in [5, 5.41) is 17.7. The average molecular weight is 509 g/mol. The van der Waals surface area contributed by atoms with Gasteiger partial charge in [0.2, 0.25) is 0 Å². The highest BCUT2D eigenvalue weighted by atomic mass is 19.4. The number of alkyl halides is 3. The van der Waals surface area contributed by atoms with Crippen molar-refractivity contribution in [2.75, 3.05) is 29.9 Å². The van der Waals surface area contributed by atoms with Crippen LogP contribution in [-0.2, 0) is 13.1 Å². The summed E-state index contributed by atoms with van der Waals surface area (Å²) in [6, 6.07) is 2.96. The summed E-state index contributed by atoms with van der Waals surface area (Å²) in [5.74, 6) is -1.80. The van der Waals surface area contributed by atoms with Gasteiger partial charge in [0.15, 0.2) is 0 Å². The van der Waals surface area contributed by atoms with Crippen molar-refractivity contribution in [1.29, 1.82) is 0 Å². The smallest absolute Gasteiger partial charge is 0.379 e. The molecule has 12 heteroatoms. The molecule has 0 bridgehead atoms. The predicted octanol–water partition coefficient (Wildman–Crippen LogP) is 4.73. The van der Waals surface area contributed by atoms with E-state index in [1.165, 1.54) is 6.07 Å². The number of nitrogens with one attached hydrogen (secondary N) is 2. The van der Waals surface area contributed by atoms with E-state index in [1.807, 2.05) is 16.4 Å². The number of carbonyl (C=O) groups excluding carboxylic acids is 1. The third-order valence-corrected chi connectivity index (χ3v) is 7.08. The van der Waals surface area contributed by atoms with Gasteiger partial charge in [-0.05, 0) is 44.1 Å². The molecule has 0 unspecified atom stereocenters. The molecule has 0 saturated heterocycles. The van der Waals surface area contributed by atoms with Gasteiger partial charge in [-0.15, -0.1) is 0 Å². The van der Waals surface area contributed by atoms with Crippen LogP contribution in [0.4, 0.5) is 30.2 Å². The number of benzene rings is 1. The highest BCUT2D eigenvalue weighted by Crippen LogP contribution is 2.39. The average Bonchev–Trinajstić information content (AvgIpc) is 3.33. The standard InChI is InChI=1S/C24H31F3N6O3/c1-2-7-29-20-11-21(31-8-9-32-15-28-13-18(32)14-31)19(10-22(20)33(35)36)23(34)30-12-16-3-5-17(6-4-16)24(25,26)27/h10-11,13,15-17,29H,2-9,12,14H2,1H3,(H,30,34). The Labute approximate surface area is 207 Å². The number of rotatable bonds is 8. The van der Waals surface area contributed by atoms with Crippen LogP contribution in [0, 0.1) is 22.0 Å². The van der Waals surface area contributed by atoms with E-state index in [4.69, 9.17) is 0 Å². The van der Waals surface area contributed by atoms with Crippen molar-refractivity contribution in [3.8, 4) is 0 Å². The van der Waals surface area contributed by atoms with Gasteiger partial charge in [0.05, 0.1) is 40.7 Å². The Bertz CT molecular complexity index is 1100. The van der Waals surface area contributed by atoms with E-state index in [0.717, 1.165) is 12.1 Å². The van der Waals surface area contributed by atoms with Crippen LogP contribution >= 0.6 is 0 Å². The predicted molar refractivity (Wildman–Crippen MR) is 129 cm³/mol. The quantitative estimate of drug-likeness (QED) is 0.395. The van der Waals surface area contributed by atoms with Crippen LogP contribution in [-0.4, -0.2) is 46.2 Å². The van der Waals surface area contributed by atoms with Gasteiger partial charge in [0.25, 0.3) is 11.6 Å². The maximum Gasteiger partial charge on any atom is 0.391 e. The second-order valence-corrected chi connectivity index (χ2v) is 9.54. The molecular formula is C24H31F3N6O3. The maximum atomic E-state index is 13.3. The molecule has 0 spiro atoms. The van der Waals surface area contributed by atoms with E-state index in [0.29, 0.717) is 50.4 Å².